The molecule has 0 saturated heterocycles. The van der Waals surface area contributed by atoms with Crippen molar-refractivity contribution >= 4 is 72.1 Å². The monoisotopic (exact) mass is 546 g/mol. The van der Waals surface area contributed by atoms with Crippen molar-refractivity contribution in [2.45, 2.75) is 17.7 Å². The first-order valence-electron chi connectivity index (χ1n) is 10.1. The van der Waals surface area contributed by atoms with Gasteiger partial charge in [-0.25, -0.2) is 13.4 Å². The number of carbonyl (C=O) groups is 1. The molecule has 0 saturated carbocycles. The highest BCUT2D eigenvalue weighted by Crippen LogP contribution is 2.32. The first-order valence-corrected chi connectivity index (χ1v) is 12.9. The Morgan fingerprint density at radius 1 is 1.15 bits per heavy atom. The lowest BCUT2D eigenvalue weighted by Crippen LogP contribution is -2.34. The second-order valence-corrected chi connectivity index (χ2v) is 11.2. The van der Waals surface area contributed by atoms with Gasteiger partial charge in [0.1, 0.15) is 0 Å². The maximum atomic E-state index is 13.1. The fraction of sp³-hybridized carbons (Fsp3) is 0.333. The minimum Gasteiger partial charge on any atom is -0.309 e. The summed E-state index contributed by atoms with van der Waals surface area (Å²) in [6.07, 6.45) is 0.432. The molecule has 3 aromatic rings. The Kier molecular flexibility index (Phi) is 9.77. The Hall–Kier alpha value is -2.31. The topological polar surface area (TPSA) is 114 Å². The quantitative estimate of drug-likeness (QED) is 0.273. The zero-order valence-corrected chi connectivity index (χ0v) is 21.7. The van der Waals surface area contributed by atoms with Crippen LogP contribution in [0.25, 0.3) is 10.2 Å². The molecule has 0 radical (unpaired) electrons. The number of nitro groups is 1. The summed E-state index contributed by atoms with van der Waals surface area (Å²) in [6, 6.07) is 10.1. The zero-order chi connectivity index (χ0) is 24.2. The van der Waals surface area contributed by atoms with Gasteiger partial charge in [0.2, 0.25) is 5.91 Å². The number of thiazole rings is 1. The van der Waals surface area contributed by atoms with Crippen LogP contribution in [0, 0.1) is 10.1 Å². The lowest BCUT2D eigenvalue weighted by atomic mass is 10.3. The maximum Gasteiger partial charge on any atom is 0.270 e. The molecule has 0 N–H and O–H groups in total. The Labute approximate surface area is 212 Å². The second kappa shape index (κ2) is 11.9. The van der Waals surface area contributed by atoms with Gasteiger partial charge < -0.3 is 4.90 Å². The van der Waals surface area contributed by atoms with E-state index in [0.717, 1.165) is 6.54 Å². The van der Waals surface area contributed by atoms with Crippen molar-refractivity contribution in [3.63, 3.8) is 0 Å². The molecule has 9 nitrogen and oxygen atoms in total. The van der Waals surface area contributed by atoms with Crippen LogP contribution in [-0.4, -0.2) is 62.1 Å². The molecule has 1 aromatic heterocycles. The van der Waals surface area contributed by atoms with Crippen molar-refractivity contribution in [2.24, 2.45) is 0 Å². The van der Waals surface area contributed by atoms with Crippen LogP contribution >= 0.6 is 35.3 Å². The fourth-order valence-corrected chi connectivity index (χ4v) is 5.52. The highest BCUT2D eigenvalue weighted by atomic mass is 35.5. The summed E-state index contributed by atoms with van der Waals surface area (Å²) < 4.78 is 25.9. The molecule has 0 aliphatic heterocycles. The normalized spacial score (nSPS) is 11.4. The fourth-order valence-electron chi connectivity index (χ4n) is 3.12. The Balaban J connectivity index is 0.00000408. The highest BCUT2D eigenvalue weighted by molar-refractivity contribution is 7.91. The molecule has 0 aliphatic rings. The van der Waals surface area contributed by atoms with E-state index in [0.29, 0.717) is 33.3 Å². The van der Waals surface area contributed by atoms with Crippen LogP contribution in [0.2, 0.25) is 5.02 Å². The van der Waals surface area contributed by atoms with Crippen LogP contribution in [0.4, 0.5) is 10.8 Å². The number of sulfone groups is 1. The van der Waals surface area contributed by atoms with E-state index in [4.69, 9.17) is 11.6 Å². The number of non-ortho nitro benzene ring substituents is 1. The number of nitrogens with zero attached hydrogens (tertiary/aromatic N) is 4. The highest BCUT2D eigenvalue weighted by Gasteiger charge is 2.23. The van der Waals surface area contributed by atoms with Gasteiger partial charge >= 0.3 is 0 Å². The molecule has 1 heterocycles. The van der Waals surface area contributed by atoms with E-state index in [1.807, 2.05) is 19.0 Å². The SMILES string of the molecule is CN(C)CCCN(C(=O)CCS(=O)(=O)c1ccc(Cl)cc1)c1nc2ccc([N+](=O)[O-])cc2s1.Cl. The molecule has 0 aliphatic carbocycles. The Morgan fingerprint density at radius 2 is 1.82 bits per heavy atom. The van der Waals surface area contributed by atoms with Gasteiger partial charge in [0.25, 0.3) is 5.69 Å². The van der Waals surface area contributed by atoms with Gasteiger partial charge in [-0.15, -0.1) is 12.4 Å². The van der Waals surface area contributed by atoms with Crippen LogP contribution in [0.15, 0.2) is 47.4 Å². The number of rotatable bonds is 10. The predicted molar refractivity (Wildman–Crippen MR) is 137 cm³/mol. The van der Waals surface area contributed by atoms with E-state index in [1.165, 1.54) is 52.6 Å². The summed E-state index contributed by atoms with van der Waals surface area (Å²) in [5.41, 5.74) is 0.483. The number of hydrogen-bond donors (Lipinski definition) is 0. The van der Waals surface area contributed by atoms with Gasteiger partial charge in [0.15, 0.2) is 15.0 Å². The smallest absolute Gasteiger partial charge is 0.270 e. The first-order chi connectivity index (χ1) is 15.6. The average molecular weight is 547 g/mol. The summed E-state index contributed by atoms with van der Waals surface area (Å²) >= 11 is 7.00. The van der Waals surface area contributed by atoms with Crippen molar-refractivity contribution in [3.05, 3.63) is 57.6 Å². The van der Waals surface area contributed by atoms with Crippen LogP contribution in [0.3, 0.4) is 0 Å². The summed E-state index contributed by atoms with van der Waals surface area (Å²) in [6.45, 7) is 1.07. The van der Waals surface area contributed by atoms with Crippen molar-refractivity contribution in [1.29, 1.82) is 0 Å². The second-order valence-electron chi connectivity index (χ2n) is 7.63. The number of amides is 1. The molecule has 0 bridgehead atoms. The standard InChI is InChI=1S/C21H23ClN4O5S2.ClH/c1-24(2)11-3-12-25(21-23-18-9-6-16(26(28)29)14-19(18)32-21)20(27)10-13-33(30,31)17-7-4-15(22)5-8-17;/h4-9,14H,3,10-13H2,1-2H3;1H. The van der Waals surface area contributed by atoms with E-state index in [9.17, 15) is 23.3 Å². The molecule has 1 amide bonds. The largest absolute Gasteiger partial charge is 0.309 e. The van der Waals surface area contributed by atoms with Crippen LogP contribution < -0.4 is 4.90 Å². The third-order valence-electron chi connectivity index (χ3n) is 4.85. The number of nitro benzene ring substituents is 1. The van der Waals surface area contributed by atoms with Crippen LogP contribution in [-0.2, 0) is 14.6 Å². The molecule has 184 valence electrons. The van der Waals surface area contributed by atoms with E-state index in [1.54, 1.807) is 6.07 Å². The van der Waals surface area contributed by atoms with Crippen molar-refractivity contribution in [3.8, 4) is 0 Å². The van der Waals surface area contributed by atoms with Crippen LogP contribution in [0.1, 0.15) is 12.8 Å². The van der Waals surface area contributed by atoms with E-state index in [2.05, 4.69) is 4.98 Å². The molecule has 0 unspecified atom stereocenters. The Bertz CT molecular complexity index is 1260. The molecule has 0 spiro atoms. The number of hydrogen-bond acceptors (Lipinski definition) is 8. The number of carbonyl (C=O) groups excluding carboxylic acids is 1. The molecule has 34 heavy (non-hydrogen) atoms. The van der Waals surface area contributed by atoms with E-state index >= 15 is 0 Å². The number of anilines is 1. The minimum absolute atomic E-state index is 0. The van der Waals surface area contributed by atoms with Gasteiger partial charge in [0.05, 0.1) is 25.8 Å². The van der Waals surface area contributed by atoms with Gasteiger partial charge in [-0.1, -0.05) is 22.9 Å². The van der Waals surface area contributed by atoms with Crippen molar-refractivity contribution in [2.75, 3.05) is 37.8 Å². The van der Waals surface area contributed by atoms with Crippen molar-refractivity contribution in [1.82, 2.24) is 9.88 Å². The third kappa shape index (κ3) is 7.09. The summed E-state index contributed by atoms with van der Waals surface area (Å²) in [4.78, 5) is 31.7. The molecule has 3 rings (SSSR count). The summed E-state index contributed by atoms with van der Waals surface area (Å²) in [5, 5.41) is 11.9. The average Bonchev–Trinajstić information content (AvgIpc) is 3.18. The lowest BCUT2D eigenvalue weighted by Gasteiger charge is -2.21. The van der Waals surface area contributed by atoms with E-state index < -0.39 is 14.8 Å². The predicted octanol–water partition coefficient (Wildman–Crippen LogP) is 4.43. The Morgan fingerprint density at radius 3 is 2.44 bits per heavy atom. The van der Waals surface area contributed by atoms with E-state index in [-0.39, 0.29) is 41.1 Å². The number of aromatic nitrogens is 1. The molecular formula is C21H24Cl2N4O5S2. The lowest BCUT2D eigenvalue weighted by molar-refractivity contribution is -0.384. The molecule has 13 heteroatoms. The number of halogens is 2. The van der Waals surface area contributed by atoms with Gasteiger partial charge in [-0.3, -0.25) is 19.8 Å². The molecule has 0 fully saturated rings. The number of fused-ring (bicyclic) bond motifs is 1. The maximum absolute atomic E-state index is 13.1. The van der Waals surface area contributed by atoms with Crippen molar-refractivity contribution < 1.29 is 18.1 Å². The minimum atomic E-state index is -3.67. The van der Waals surface area contributed by atoms with Crippen LogP contribution in [0.5, 0.6) is 0 Å². The summed E-state index contributed by atoms with van der Waals surface area (Å²) in [5.74, 6) is -0.728. The molecular weight excluding hydrogens is 523 g/mol. The van der Waals surface area contributed by atoms with Gasteiger partial charge in [-0.05, 0) is 57.4 Å². The summed E-state index contributed by atoms with van der Waals surface area (Å²) in [7, 11) is 0.169. The third-order valence-corrected chi connectivity index (χ3v) is 7.87. The van der Waals surface area contributed by atoms with Gasteiger partial charge in [-0.2, -0.15) is 0 Å². The number of benzene rings is 2. The molecule has 2 aromatic carbocycles. The zero-order valence-electron chi connectivity index (χ0n) is 18.5. The molecule has 0 atom stereocenters. The first kappa shape index (κ1) is 27.9. The van der Waals surface area contributed by atoms with Gasteiger partial charge in [0, 0.05) is 30.1 Å².